The second kappa shape index (κ2) is 8.18. The van der Waals surface area contributed by atoms with E-state index in [1.165, 1.54) is 4.90 Å². The highest BCUT2D eigenvalue weighted by atomic mass is 16.3. The standard InChI is InChI=1S/C15H21N3O2/c1-12(11-19)18(2)15(20)17-14(9-6-10-16)13-7-4-3-5-8-13/h3-5,7-8,12,14,19H,6,9,11H2,1-2H3,(H,17,20). The van der Waals surface area contributed by atoms with Crippen molar-refractivity contribution in [3.05, 3.63) is 35.9 Å². The molecule has 108 valence electrons. The van der Waals surface area contributed by atoms with Crippen LogP contribution in [0.2, 0.25) is 0 Å². The van der Waals surface area contributed by atoms with Gasteiger partial charge in [0.25, 0.3) is 0 Å². The van der Waals surface area contributed by atoms with Gasteiger partial charge in [0, 0.05) is 13.5 Å². The molecular formula is C15H21N3O2. The molecule has 0 fully saturated rings. The molecule has 5 nitrogen and oxygen atoms in total. The molecule has 2 unspecified atom stereocenters. The van der Waals surface area contributed by atoms with Crippen LogP contribution in [-0.2, 0) is 0 Å². The predicted molar refractivity (Wildman–Crippen MR) is 76.9 cm³/mol. The van der Waals surface area contributed by atoms with Gasteiger partial charge in [0.15, 0.2) is 0 Å². The molecular weight excluding hydrogens is 254 g/mol. The third-order valence-electron chi connectivity index (χ3n) is 3.29. The van der Waals surface area contributed by atoms with Crippen LogP contribution in [0.3, 0.4) is 0 Å². The highest BCUT2D eigenvalue weighted by Crippen LogP contribution is 2.18. The number of nitrogens with zero attached hydrogens (tertiary/aromatic N) is 2. The van der Waals surface area contributed by atoms with Crippen molar-refractivity contribution in [3.63, 3.8) is 0 Å². The van der Waals surface area contributed by atoms with Crippen LogP contribution in [0.15, 0.2) is 30.3 Å². The lowest BCUT2D eigenvalue weighted by molar-refractivity contribution is 0.154. The summed E-state index contributed by atoms with van der Waals surface area (Å²) in [5.74, 6) is 0. The van der Waals surface area contributed by atoms with E-state index in [0.29, 0.717) is 12.8 Å². The highest BCUT2D eigenvalue weighted by Gasteiger charge is 2.19. The maximum atomic E-state index is 12.1. The number of aliphatic hydroxyl groups is 1. The van der Waals surface area contributed by atoms with Crippen LogP contribution in [0, 0.1) is 11.3 Å². The fraction of sp³-hybridized carbons (Fsp3) is 0.467. The van der Waals surface area contributed by atoms with Gasteiger partial charge in [-0.15, -0.1) is 0 Å². The molecule has 2 N–H and O–H groups in total. The van der Waals surface area contributed by atoms with Gasteiger partial charge in [0.1, 0.15) is 0 Å². The molecule has 1 aromatic rings. The minimum absolute atomic E-state index is 0.0852. The lowest BCUT2D eigenvalue weighted by atomic mass is 10.0. The summed E-state index contributed by atoms with van der Waals surface area (Å²) in [6.45, 7) is 1.69. The Kier molecular flexibility index (Phi) is 6.54. The Morgan fingerprint density at radius 3 is 2.65 bits per heavy atom. The summed E-state index contributed by atoms with van der Waals surface area (Å²) in [6.07, 6.45) is 0.937. The first-order valence-corrected chi connectivity index (χ1v) is 6.66. The van der Waals surface area contributed by atoms with Crippen molar-refractivity contribution in [1.82, 2.24) is 10.2 Å². The quantitative estimate of drug-likeness (QED) is 0.834. The number of rotatable bonds is 6. The Labute approximate surface area is 119 Å². The maximum absolute atomic E-state index is 12.1. The zero-order valence-corrected chi connectivity index (χ0v) is 11.9. The Hall–Kier alpha value is -2.06. The molecule has 1 aromatic carbocycles. The van der Waals surface area contributed by atoms with Crippen LogP contribution < -0.4 is 5.32 Å². The number of benzene rings is 1. The minimum Gasteiger partial charge on any atom is -0.394 e. The van der Waals surface area contributed by atoms with E-state index < -0.39 is 0 Å². The Bertz CT molecular complexity index is 456. The van der Waals surface area contributed by atoms with Crippen molar-refractivity contribution in [2.24, 2.45) is 0 Å². The number of carbonyl (C=O) groups is 1. The number of nitriles is 1. The molecule has 0 aromatic heterocycles. The number of nitrogens with one attached hydrogen (secondary N) is 1. The lowest BCUT2D eigenvalue weighted by Gasteiger charge is -2.27. The van der Waals surface area contributed by atoms with Crippen LogP contribution in [-0.4, -0.2) is 35.7 Å². The molecule has 5 heteroatoms. The molecule has 0 aliphatic heterocycles. The van der Waals surface area contributed by atoms with E-state index in [2.05, 4.69) is 11.4 Å². The summed E-state index contributed by atoms with van der Waals surface area (Å²) in [5, 5.41) is 20.7. The van der Waals surface area contributed by atoms with E-state index >= 15 is 0 Å². The topological polar surface area (TPSA) is 76.4 Å². The Balaban J connectivity index is 2.75. The number of likely N-dealkylation sites (N-methyl/N-ethyl adjacent to an activating group) is 1. The summed E-state index contributed by atoms with van der Waals surface area (Å²) >= 11 is 0. The molecule has 2 amide bonds. The number of amides is 2. The van der Waals surface area contributed by atoms with E-state index in [1.54, 1.807) is 14.0 Å². The van der Waals surface area contributed by atoms with Crippen LogP contribution >= 0.6 is 0 Å². The van der Waals surface area contributed by atoms with Crippen molar-refractivity contribution < 1.29 is 9.90 Å². The summed E-state index contributed by atoms with van der Waals surface area (Å²) in [6, 6.07) is 11.0. The van der Waals surface area contributed by atoms with E-state index in [4.69, 9.17) is 10.4 Å². The van der Waals surface area contributed by atoms with Crippen LogP contribution in [0.1, 0.15) is 31.4 Å². The minimum atomic E-state index is -0.252. The molecule has 0 radical (unpaired) electrons. The number of aliphatic hydroxyl groups excluding tert-OH is 1. The molecule has 0 saturated carbocycles. The van der Waals surface area contributed by atoms with Gasteiger partial charge in [0.2, 0.25) is 0 Å². The Morgan fingerprint density at radius 2 is 2.10 bits per heavy atom. The van der Waals surface area contributed by atoms with Gasteiger partial charge in [-0.2, -0.15) is 5.26 Å². The largest absolute Gasteiger partial charge is 0.394 e. The van der Waals surface area contributed by atoms with Gasteiger partial charge in [0.05, 0.1) is 24.8 Å². The average molecular weight is 275 g/mol. The van der Waals surface area contributed by atoms with Gasteiger partial charge in [-0.05, 0) is 18.9 Å². The maximum Gasteiger partial charge on any atom is 0.317 e. The summed E-state index contributed by atoms with van der Waals surface area (Å²) in [4.78, 5) is 13.6. The number of hydrogen-bond acceptors (Lipinski definition) is 3. The zero-order valence-electron chi connectivity index (χ0n) is 11.9. The summed E-state index contributed by atoms with van der Waals surface area (Å²) in [5.41, 5.74) is 0.973. The fourth-order valence-corrected chi connectivity index (χ4v) is 1.79. The van der Waals surface area contributed by atoms with E-state index in [0.717, 1.165) is 5.56 Å². The first-order chi connectivity index (χ1) is 9.60. The van der Waals surface area contributed by atoms with Gasteiger partial charge >= 0.3 is 6.03 Å². The zero-order chi connectivity index (χ0) is 15.0. The van der Waals surface area contributed by atoms with Gasteiger partial charge < -0.3 is 15.3 Å². The third-order valence-corrected chi connectivity index (χ3v) is 3.29. The molecule has 0 heterocycles. The molecule has 0 aliphatic rings. The van der Waals surface area contributed by atoms with E-state index in [-0.39, 0.29) is 24.7 Å². The fourth-order valence-electron chi connectivity index (χ4n) is 1.79. The molecule has 0 saturated heterocycles. The second-order valence-corrected chi connectivity index (χ2v) is 4.75. The monoisotopic (exact) mass is 275 g/mol. The second-order valence-electron chi connectivity index (χ2n) is 4.75. The Morgan fingerprint density at radius 1 is 1.45 bits per heavy atom. The molecule has 0 spiro atoms. The molecule has 0 bridgehead atoms. The van der Waals surface area contributed by atoms with Crippen LogP contribution in [0.25, 0.3) is 0 Å². The molecule has 20 heavy (non-hydrogen) atoms. The average Bonchev–Trinajstić information content (AvgIpc) is 2.50. The van der Waals surface area contributed by atoms with Crippen LogP contribution in [0.4, 0.5) is 4.79 Å². The van der Waals surface area contributed by atoms with Gasteiger partial charge in [-0.1, -0.05) is 30.3 Å². The van der Waals surface area contributed by atoms with Crippen molar-refractivity contribution in [2.45, 2.75) is 31.8 Å². The molecule has 1 rings (SSSR count). The van der Waals surface area contributed by atoms with Crippen molar-refractivity contribution in [1.29, 1.82) is 5.26 Å². The van der Waals surface area contributed by atoms with Crippen molar-refractivity contribution in [3.8, 4) is 6.07 Å². The van der Waals surface area contributed by atoms with Gasteiger partial charge in [-0.3, -0.25) is 0 Å². The lowest BCUT2D eigenvalue weighted by Crippen LogP contribution is -2.45. The van der Waals surface area contributed by atoms with E-state index in [1.807, 2.05) is 30.3 Å². The number of urea groups is 1. The van der Waals surface area contributed by atoms with Gasteiger partial charge in [-0.25, -0.2) is 4.79 Å². The first kappa shape index (κ1) is 16.0. The third kappa shape index (κ3) is 4.56. The molecule has 0 aliphatic carbocycles. The summed E-state index contributed by atoms with van der Waals surface area (Å²) < 4.78 is 0. The predicted octanol–water partition coefficient (Wildman–Crippen LogP) is 2.05. The highest BCUT2D eigenvalue weighted by molar-refractivity contribution is 5.74. The van der Waals surface area contributed by atoms with E-state index in [9.17, 15) is 4.79 Å². The van der Waals surface area contributed by atoms with Crippen LogP contribution in [0.5, 0.6) is 0 Å². The SMILES string of the molecule is CC(CO)N(C)C(=O)NC(CCC#N)c1ccccc1. The van der Waals surface area contributed by atoms with Crippen molar-refractivity contribution >= 4 is 6.03 Å². The smallest absolute Gasteiger partial charge is 0.317 e. The van der Waals surface area contributed by atoms with Crippen molar-refractivity contribution in [2.75, 3.05) is 13.7 Å². The first-order valence-electron chi connectivity index (χ1n) is 6.66. The normalized spacial score (nSPS) is 13.1. The summed E-state index contributed by atoms with van der Waals surface area (Å²) in [7, 11) is 1.64. The number of hydrogen-bond donors (Lipinski definition) is 2. The number of carbonyl (C=O) groups excluding carboxylic acids is 1. The molecule has 2 atom stereocenters.